The van der Waals surface area contributed by atoms with E-state index in [0.717, 1.165) is 41.4 Å². The molecule has 2 fully saturated rings. The van der Waals surface area contributed by atoms with Gasteiger partial charge in [0, 0.05) is 47.9 Å². The van der Waals surface area contributed by atoms with Gasteiger partial charge >= 0.3 is 0 Å². The molecule has 2 aromatic carbocycles. The van der Waals surface area contributed by atoms with E-state index in [1.165, 1.54) is 11.1 Å². The van der Waals surface area contributed by atoms with E-state index >= 15 is 0 Å². The quantitative estimate of drug-likeness (QED) is 0.789. The summed E-state index contributed by atoms with van der Waals surface area (Å²) in [5.41, 5.74) is 4.57. The Morgan fingerprint density at radius 2 is 2.14 bits per heavy atom. The Labute approximate surface area is 176 Å². The molecule has 1 amide bonds. The Balaban J connectivity index is 1.37. The highest BCUT2D eigenvalue weighted by atomic mass is 35.5. The summed E-state index contributed by atoms with van der Waals surface area (Å²) in [5.74, 6) is 1.68. The van der Waals surface area contributed by atoms with Crippen molar-refractivity contribution in [2.24, 2.45) is 5.92 Å². The smallest absolute Gasteiger partial charge is 0.230 e. The van der Waals surface area contributed by atoms with Crippen molar-refractivity contribution >= 4 is 23.2 Å². The van der Waals surface area contributed by atoms with Gasteiger partial charge in [0.05, 0.1) is 7.11 Å². The van der Waals surface area contributed by atoms with Crippen LogP contribution >= 0.6 is 11.6 Å². The number of nitrogens with one attached hydrogen (secondary N) is 2. The molecular weight excluding hydrogens is 386 g/mol. The summed E-state index contributed by atoms with van der Waals surface area (Å²) in [6.45, 7) is 1.66. The molecule has 2 aliphatic heterocycles. The molecular formula is C23H26ClN3O2. The van der Waals surface area contributed by atoms with Crippen LogP contribution in [-0.4, -0.2) is 32.7 Å². The molecule has 4 atom stereocenters. The maximum absolute atomic E-state index is 12.4. The van der Waals surface area contributed by atoms with Gasteiger partial charge in [-0.05, 0) is 60.7 Å². The van der Waals surface area contributed by atoms with E-state index in [1.54, 1.807) is 7.11 Å². The highest BCUT2D eigenvalue weighted by molar-refractivity contribution is 6.30. The van der Waals surface area contributed by atoms with Crippen LogP contribution in [-0.2, 0) is 11.3 Å². The lowest BCUT2D eigenvalue weighted by Gasteiger charge is -2.28. The molecule has 0 spiro atoms. The van der Waals surface area contributed by atoms with Crippen LogP contribution < -0.4 is 20.3 Å². The van der Waals surface area contributed by atoms with Crippen molar-refractivity contribution < 1.29 is 9.53 Å². The third-order valence-corrected chi connectivity index (χ3v) is 6.85. The van der Waals surface area contributed by atoms with Gasteiger partial charge in [-0.1, -0.05) is 23.7 Å². The Morgan fingerprint density at radius 1 is 1.28 bits per heavy atom. The zero-order valence-corrected chi connectivity index (χ0v) is 17.5. The molecule has 1 aliphatic carbocycles. The predicted octanol–water partition coefficient (Wildman–Crippen LogP) is 3.62. The van der Waals surface area contributed by atoms with Crippen molar-refractivity contribution in [3.63, 3.8) is 0 Å². The third-order valence-electron chi connectivity index (χ3n) is 6.61. The van der Waals surface area contributed by atoms with Gasteiger partial charge in [0.1, 0.15) is 5.75 Å². The molecule has 2 N–H and O–H groups in total. The highest BCUT2D eigenvalue weighted by Gasteiger charge is 2.50. The fourth-order valence-electron chi connectivity index (χ4n) is 4.94. The minimum Gasteiger partial charge on any atom is -0.496 e. The second-order valence-corrected chi connectivity index (χ2v) is 8.77. The summed E-state index contributed by atoms with van der Waals surface area (Å²) >= 11 is 6.19. The first kappa shape index (κ1) is 18.9. The zero-order chi connectivity index (χ0) is 20.1. The Morgan fingerprint density at radius 3 is 2.93 bits per heavy atom. The number of carbonyl (C=O) groups is 1. The molecule has 0 aromatic heterocycles. The maximum Gasteiger partial charge on any atom is 0.230 e. The largest absolute Gasteiger partial charge is 0.496 e. The van der Waals surface area contributed by atoms with Gasteiger partial charge in [-0.2, -0.15) is 0 Å². The van der Waals surface area contributed by atoms with Crippen LogP contribution in [0, 0.1) is 5.92 Å². The molecule has 3 aliphatic rings. The number of hydrogen-bond donors (Lipinski definition) is 2. The van der Waals surface area contributed by atoms with E-state index in [0.29, 0.717) is 18.5 Å². The number of nitrogens with zero attached hydrogens (tertiary/aromatic N) is 1. The standard InChI is InChI=1S/C23H26ClN3O2/c1-27-20-9-14(21(29-2)11-17(20)16-10-18(16)23(27)28)12-26-19-6-7-25-22(19)13-4-3-5-15(24)8-13/h3-5,8-9,11,16,18-19,22,25-26H,6-7,10,12H2,1-2H3/t16-,18+,19?,22?/m0/s1. The number of methoxy groups -OCH3 is 1. The Bertz CT molecular complexity index is 963. The molecule has 1 saturated carbocycles. The molecule has 5 nitrogen and oxygen atoms in total. The number of amides is 1. The molecule has 5 rings (SSSR count). The van der Waals surface area contributed by atoms with Crippen molar-refractivity contribution in [3.8, 4) is 5.75 Å². The average Bonchev–Trinajstić information content (AvgIpc) is 3.40. The van der Waals surface area contributed by atoms with E-state index in [4.69, 9.17) is 16.3 Å². The summed E-state index contributed by atoms with van der Waals surface area (Å²) in [6, 6.07) is 12.9. The van der Waals surface area contributed by atoms with Gasteiger partial charge in [-0.25, -0.2) is 0 Å². The second kappa shape index (κ2) is 7.31. The molecule has 29 heavy (non-hydrogen) atoms. The number of ether oxygens (including phenoxy) is 1. The van der Waals surface area contributed by atoms with Crippen LogP contribution in [0.4, 0.5) is 5.69 Å². The number of fused-ring (bicyclic) bond motifs is 3. The van der Waals surface area contributed by atoms with Gasteiger partial charge < -0.3 is 20.3 Å². The van der Waals surface area contributed by atoms with Crippen LogP contribution in [0.3, 0.4) is 0 Å². The maximum atomic E-state index is 12.4. The van der Waals surface area contributed by atoms with E-state index in [1.807, 2.05) is 30.1 Å². The fraction of sp³-hybridized carbons (Fsp3) is 0.435. The molecule has 2 heterocycles. The third kappa shape index (κ3) is 3.31. The number of hydrogen-bond acceptors (Lipinski definition) is 4. The molecule has 0 radical (unpaired) electrons. The monoisotopic (exact) mass is 411 g/mol. The van der Waals surface area contributed by atoms with Gasteiger partial charge in [-0.15, -0.1) is 0 Å². The second-order valence-electron chi connectivity index (χ2n) is 8.33. The van der Waals surface area contributed by atoms with E-state index in [-0.39, 0.29) is 17.9 Å². The minimum absolute atomic E-state index is 0.171. The number of benzene rings is 2. The van der Waals surface area contributed by atoms with Crippen LogP contribution in [0.15, 0.2) is 36.4 Å². The Hall–Kier alpha value is -2.08. The number of halogens is 1. The minimum atomic E-state index is 0.171. The molecule has 152 valence electrons. The van der Waals surface area contributed by atoms with E-state index in [2.05, 4.69) is 28.8 Å². The zero-order valence-electron chi connectivity index (χ0n) is 16.7. The number of carbonyl (C=O) groups excluding carboxylic acids is 1. The first-order valence-electron chi connectivity index (χ1n) is 10.3. The first-order chi connectivity index (χ1) is 14.1. The fourth-order valence-corrected chi connectivity index (χ4v) is 5.14. The highest BCUT2D eigenvalue weighted by Crippen LogP contribution is 2.56. The topological polar surface area (TPSA) is 53.6 Å². The molecule has 6 heteroatoms. The van der Waals surface area contributed by atoms with Crippen LogP contribution in [0.5, 0.6) is 5.75 Å². The van der Waals surface area contributed by atoms with Crippen molar-refractivity contribution in [2.45, 2.75) is 37.4 Å². The van der Waals surface area contributed by atoms with E-state index < -0.39 is 0 Å². The van der Waals surface area contributed by atoms with Crippen molar-refractivity contribution in [2.75, 3.05) is 25.6 Å². The molecule has 1 saturated heterocycles. The number of anilines is 1. The van der Waals surface area contributed by atoms with Gasteiger partial charge in [0.2, 0.25) is 5.91 Å². The summed E-state index contributed by atoms with van der Waals surface area (Å²) in [6.07, 6.45) is 2.01. The van der Waals surface area contributed by atoms with Gasteiger partial charge in [0.25, 0.3) is 0 Å². The normalized spacial score (nSPS) is 27.6. The van der Waals surface area contributed by atoms with Crippen LogP contribution in [0.25, 0.3) is 0 Å². The van der Waals surface area contributed by atoms with Crippen molar-refractivity contribution in [1.82, 2.24) is 10.6 Å². The van der Waals surface area contributed by atoms with Crippen LogP contribution in [0.1, 0.15) is 41.5 Å². The lowest BCUT2D eigenvalue weighted by molar-refractivity contribution is -0.119. The summed E-state index contributed by atoms with van der Waals surface area (Å²) in [4.78, 5) is 14.3. The first-order valence-corrected chi connectivity index (χ1v) is 10.6. The van der Waals surface area contributed by atoms with Crippen molar-refractivity contribution in [1.29, 1.82) is 0 Å². The summed E-state index contributed by atoms with van der Waals surface area (Å²) in [5, 5.41) is 8.05. The Kier molecular flexibility index (Phi) is 4.77. The molecule has 0 bridgehead atoms. The SMILES string of the molecule is COc1cc2c(cc1CNC1CCNC1c1cccc(Cl)c1)N(C)C(=O)[C@@H]1C[C@@H]21. The lowest BCUT2D eigenvalue weighted by Crippen LogP contribution is -2.34. The lowest BCUT2D eigenvalue weighted by atomic mass is 9.97. The number of rotatable bonds is 5. The molecule has 2 aromatic rings. The van der Waals surface area contributed by atoms with Crippen molar-refractivity contribution in [3.05, 3.63) is 58.1 Å². The van der Waals surface area contributed by atoms with Gasteiger partial charge in [0.15, 0.2) is 0 Å². The van der Waals surface area contributed by atoms with Gasteiger partial charge in [-0.3, -0.25) is 4.79 Å². The average molecular weight is 412 g/mol. The van der Waals surface area contributed by atoms with Crippen LogP contribution in [0.2, 0.25) is 5.02 Å². The summed E-state index contributed by atoms with van der Waals surface area (Å²) in [7, 11) is 3.61. The van der Waals surface area contributed by atoms with E-state index in [9.17, 15) is 4.79 Å². The predicted molar refractivity (Wildman–Crippen MR) is 115 cm³/mol. The summed E-state index contributed by atoms with van der Waals surface area (Å²) < 4.78 is 5.71. The molecule has 2 unspecified atom stereocenters.